The van der Waals surface area contributed by atoms with E-state index in [0.29, 0.717) is 44.4 Å². The molecular formula is C30H16FeN4O8. The van der Waals surface area contributed by atoms with Crippen LogP contribution >= 0.6 is 0 Å². The number of nitrogens with zero attached hydrogens (tertiary/aromatic N) is 4. The molecular weight excluding hydrogens is 600 g/mol. The Morgan fingerprint density at radius 1 is 0.512 bits per heavy atom. The van der Waals surface area contributed by atoms with Crippen molar-refractivity contribution in [2.24, 2.45) is 20.0 Å². The van der Waals surface area contributed by atoms with Crippen LogP contribution < -0.4 is 4.46 Å². The maximum atomic E-state index is 12.3. The minimum absolute atomic E-state index is 0.211. The van der Waals surface area contributed by atoms with Crippen LogP contribution in [0, 0.1) is 0 Å². The summed E-state index contributed by atoms with van der Waals surface area (Å²) >= 11 is -0.276. The summed E-state index contributed by atoms with van der Waals surface area (Å²) in [5.74, 6) is -7.21. The van der Waals surface area contributed by atoms with E-state index in [1.54, 1.807) is 42.5 Å². The molecule has 0 saturated carbocycles. The fourth-order valence-corrected chi connectivity index (χ4v) is 6.03. The van der Waals surface area contributed by atoms with Crippen molar-refractivity contribution in [3.05, 3.63) is 122 Å². The third-order valence-corrected chi connectivity index (χ3v) is 7.78. The van der Waals surface area contributed by atoms with Gasteiger partial charge in [-0.15, -0.1) is 0 Å². The Morgan fingerprint density at radius 2 is 1.00 bits per heavy atom. The van der Waals surface area contributed by atoms with E-state index in [-0.39, 0.29) is 19.4 Å². The molecule has 0 saturated heterocycles. The first-order valence-corrected chi connectivity index (χ1v) is 13.4. The molecule has 5 heterocycles. The summed E-state index contributed by atoms with van der Waals surface area (Å²) in [4.78, 5) is 66.6. The molecule has 212 valence electrons. The predicted molar refractivity (Wildman–Crippen MR) is 151 cm³/mol. The fourth-order valence-electron chi connectivity index (χ4n) is 4.55. The van der Waals surface area contributed by atoms with E-state index in [9.17, 15) is 39.6 Å². The Bertz CT molecular complexity index is 1990. The van der Waals surface area contributed by atoms with E-state index in [0.717, 1.165) is 11.8 Å². The Kier molecular flexibility index (Phi) is 6.73. The zero-order valence-corrected chi connectivity index (χ0v) is 22.6. The van der Waals surface area contributed by atoms with Crippen LogP contribution in [0.1, 0.15) is 41.4 Å². The molecule has 6 rings (SSSR count). The van der Waals surface area contributed by atoms with Crippen LogP contribution in [0.2, 0.25) is 0 Å². The number of benzene rings is 1. The van der Waals surface area contributed by atoms with Gasteiger partial charge in [-0.1, -0.05) is 0 Å². The predicted octanol–water partition coefficient (Wildman–Crippen LogP) is 3.11. The van der Waals surface area contributed by atoms with Gasteiger partial charge in [0.25, 0.3) is 0 Å². The summed E-state index contributed by atoms with van der Waals surface area (Å²) < 4.78 is 0.208. The zero-order valence-electron chi connectivity index (χ0n) is 21.5. The average Bonchev–Trinajstić information content (AvgIpc) is 3.73. The average molecular weight is 616 g/mol. The van der Waals surface area contributed by atoms with Crippen LogP contribution in [0.3, 0.4) is 0 Å². The molecule has 0 aromatic heterocycles. The van der Waals surface area contributed by atoms with Crippen LogP contribution in [-0.4, -0.2) is 67.2 Å². The van der Waals surface area contributed by atoms with E-state index >= 15 is 0 Å². The zero-order chi connectivity index (χ0) is 30.4. The van der Waals surface area contributed by atoms with Crippen molar-refractivity contribution in [3.63, 3.8) is 0 Å². The molecule has 0 radical (unpaired) electrons. The third-order valence-electron chi connectivity index (χ3n) is 6.31. The second-order valence-corrected chi connectivity index (χ2v) is 10.7. The normalized spacial score (nSPS) is 17.8. The number of aromatic carboxylic acids is 4. The molecule has 0 aliphatic carbocycles. The summed E-state index contributed by atoms with van der Waals surface area (Å²) in [5.41, 5.74) is 0.722. The van der Waals surface area contributed by atoms with Crippen molar-refractivity contribution in [2.45, 2.75) is 0 Å². The first-order chi connectivity index (χ1) is 20.5. The molecule has 0 unspecified atom stereocenters. The van der Waals surface area contributed by atoms with Gasteiger partial charge in [-0.3, -0.25) is 0 Å². The molecule has 1 aromatic rings. The van der Waals surface area contributed by atoms with Crippen molar-refractivity contribution < 1.29 is 54.6 Å². The molecule has 1 aromatic carbocycles. The van der Waals surface area contributed by atoms with Gasteiger partial charge in [-0.25, -0.2) is 0 Å². The van der Waals surface area contributed by atoms with Crippen LogP contribution in [0.4, 0.5) is 0 Å². The minimum atomic E-state index is -1.89. The van der Waals surface area contributed by atoms with Gasteiger partial charge in [0.05, 0.1) is 0 Å². The van der Waals surface area contributed by atoms with E-state index < -0.39 is 46.1 Å². The third kappa shape index (κ3) is 5.33. The van der Waals surface area contributed by atoms with Gasteiger partial charge in [0, 0.05) is 0 Å². The van der Waals surface area contributed by atoms with E-state index in [1.807, 2.05) is 24.3 Å². The van der Waals surface area contributed by atoms with E-state index in [4.69, 9.17) is 0 Å². The molecule has 13 heteroatoms. The number of hydrogen-bond acceptors (Lipinski definition) is 8. The molecule has 0 amide bonds. The molecule has 12 nitrogen and oxygen atoms in total. The molecule has 0 atom stereocenters. The van der Waals surface area contributed by atoms with Gasteiger partial charge in [-0.05, 0) is 0 Å². The van der Waals surface area contributed by atoms with Crippen molar-refractivity contribution in [1.29, 1.82) is 0 Å². The first kappa shape index (κ1) is 27.4. The molecule has 5 aliphatic heterocycles. The summed E-state index contributed by atoms with van der Waals surface area (Å²) in [6.45, 7) is 0. The second kappa shape index (κ2) is 10.6. The maximum absolute atomic E-state index is 12.3. The molecule has 8 bridgehead atoms. The van der Waals surface area contributed by atoms with Crippen LogP contribution in [-0.2, 0) is 15.0 Å². The number of carboxylic acid groups (broad SMARTS) is 4. The monoisotopic (exact) mass is 616 g/mol. The quantitative estimate of drug-likeness (QED) is 0.350. The number of rotatable bonds is 6. The number of carboxylic acids is 4. The number of hydrogen-bond donors (Lipinski definition) is 4. The van der Waals surface area contributed by atoms with Gasteiger partial charge in [0.2, 0.25) is 0 Å². The standard InChI is InChI=1S/C20H11N4.C10H5O8.Fe/c1-2-14-10-16-5-6-18(23-16)12-20-8-7-19(24-20)11-17-4-3-15(22-17)9-13(1)21-14;11-7(12)3-1-2-4(8(13)14)6(10(17)18)5(3)9(15)16;/h1-7,9-12H;1H,(H,11,12)(H,13,14)(H,15,16)(H,17,18);. The molecule has 0 spiro atoms. The Morgan fingerprint density at radius 3 is 1.49 bits per heavy atom. The summed E-state index contributed by atoms with van der Waals surface area (Å²) in [5, 5.41) is 39.1. The molecule has 5 aliphatic rings. The molecule has 4 N–H and O–H groups in total. The van der Waals surface area contributed by atoms with Crippen molar-refractivity contribution >= 4 is 51.2 Å². The number of allylic oxidation sites excluding steroid dienone is 12. The topological polar surface area (TPSA) is 199 Å². The van der Waals surface area contributed by atoms with E-state index in [1.165, 1.54) is 0 Å². The Labute approximate surface area is 247 Å². The van der Waals surface area contributed by atoms with Gasteiger partial charge < -0.3 is 0 Å². The summed E-state index contributed by atoms with van der Waals surface area (Å²) in [6.07, 6.45) is 19.5. The summed E-state index contributed by atoms with van der Waals surface area (Å²) in [6, 6.07) is 0.882. The van der Waals surface area contributed by atoms with Crippen LogP contribution in [0.5, 0.6) is 0 Å². The Balaban J connectivity index is 1.51. The van der Waals surface area contributed by atoms with Crippen LogP contribution in [0.25, 0.3) is 0 Å². The van der Waals surface area contributed by atoms with Gasteiger partial charge in [0.1, 0.15) is 0 Å². The second-order valence-electron chi connectivity index (χ2n) is 9.19. The number of carbonyl (C=O) groups is 4. The SMILES string of the molecule is O=C(O)c1c[c]([Fe][C]2=CC3=CC4=NC(=CC5=NC(=CC6=NC(=CC2=N3)C=C6)C=C5)C=C4)c(C(=O)O)c(C(=O)O)c1C(=O)O. The van der Waals surface area contributed by atoms with Crippen molar-refractivity contribution in [2.75, 3.05) is 0 Å². The number of fused-ring (bicyclic) bond motifs is 4. The van der Waals surface area contributed by atoms with Gasteiger partial charge >= 0.3 is 248 Å². The number of aliphatic imine (C=N–C) groups is 4. The fraction of sp³-hybridized carbons (Fsp3) is 0. The van der Waals surface area contributed by atoms with Gasteiger partial charge in [-0.2, -0.15) is 0 Å². The van der Waals surface area contributed by atoms with Crippen LogP contribution in [0.15, 0.2) is 120 Å². The Hall–Kier alpha value is -5.78. The van der Waals surface area contributed by atoms with Crippen molar-refractivity contribution in [1.82, 2.24) is 0 Å². The first-order valence-electron chi connectivity index (χ1n) is 12.3. The van der Waals surface area contributed by atoms with Crippen molar-refractivity contribution in [3.8, 4) is 0 Å². The van der Waals surface area contributed by atoms with E-state index in [2.05, 4.69) is 20.0 Å². The molecule has 0 fully saturated rings. The van der Waals surface area contributed by atoms with Gasteiger partial charge in [0.15, 0.2) is 0 Å². The molecule has 43 heavy (non-hydrogen) atoms. The summed E-state index contributed by atoms with van der Waals surface area (Å²) in [7, 11) is 0.